The third-order valence-corrected chi connectivity index (χ3v) is 2.52. The number of carbonyl (C=O) groups excluding carboxylic acids is 1. The van der Waals surface area contributed by atoms with Gasteiger partial charge in [0.1, 0.15) is 11.2 Å². The van der Waals surface area contributed by atoms with Crippen LogP contribution in [0.1, 0.15) is 19.4 Å². The quantitative estimate of drug-likeness (QED) is 0.794. The highest BCUT2D eigenvalue weighted by molar-refractivity contribution is 5.82. The summed E-state index contributed by atoms with van der Waals surface area (Å²) in [6.45, 7) is 3.13. The summed E-state index contributed by atoms with van der Waals surface area (Å²) in [5.41, 5.74) is -0.598. The number of halogens is 1. The van der Waals surface area contributed by atoms with Crippen LogP contribution in [0.5, 0.6) is 0 Å². The molecule has 1 aromatic rings. The van der Waals surface area contributed by atoms with Crippen LogP contribution in [0, 0.1) is 5.82 Å². The van der Waals surface area contributed by atoms with Crippen LogP contribution in [-0.2, 0) is 14.9 Å². The van der Waals surface area contributed by atoms with Gasteiger partial charge in [-0.05, 0) is 31.5 Å². The summed E-state index contributed by atoms with van der Waals surface area (Å²) in [6, 6.07) is 5.45. The summed E-state index contributed by atoms with van der Waals surface area (Å²) in [6.07, 6.45) is 0. The highest BCUT2D eigenvalue weighted by Gasteiger charge is 2.36. The minimum Gasteiger partial charge on any atom is -0.465 e. The van der Waals surface area contributed by atoms with Gasteiger partial charge in [0, 0.05) is 0 Å². The zero-order chi connectivity index (χ0) is 12.2. The Balaban J connectivity index is 3.04. The molecule has 4 heteroatoms. The summed E-state index contributed by atoms with van der Waals surface area (Å²) in [7, 11) is 0. The van der Waals surface area contributed by atoms with Crippen LogP contribution in [0.2, 0.25) is 0 Å². The van der Waals surface area contributed by atoms with Crippen LogP contribution in [0.3, 0.4) is 0 Å². The van der Waals surface area contributed by atoms with E-state index in [-0.39, 0.29) is 19.0 Å². The average Bonchev–Trinajstić information content (AvgIpc) is 2.29. The Bertz CT molecular complexity index is 361. The predicted octanol–water partition coefficient (Wildman–Crippen LogP) is 1.64. The van der Waals surface area contributed by atoms with E-state index in [1.165, 1.54) is 24.3 Å². The lowest BCUT2D eigenvalue weighted by Gasteiger charge is -2.25. The monoisotopic (exact) mass is 226 g/mol. The van der Waals surface area contributed by atoms with E-state index >= 15 is 0 Å². The van der Waals surface area contributed by atoms with Gasteiger partial charge in [-0.1, -0.05) is 12.1 Å². The lowest BCUT2D eigenvalue weighted by Crippen LogP contribution is -2.38. The molecule has 1 unspecified atom stereocenters. The van der Waals surface area contributed by atoms with E-state index in [1.54, 1.807) is 13.8 Å². The number of aliphatic hydroxyl groups is 1. The molecule has 0 amide bonds. The normalized spacial score (nSPS) is 14.2. The Morgan fingerprint density at radius 2 is 2.00 bits per heavy atom. The summed E-state index contributed by atoms with van der Waals surface area (Å²) >= 11 is 0. The fourth-order valence-corrected chi connectivity index (χ4v) is 1.38. The molecule has 0 aliphatic carbocycles. The molecule has 0 bridgehead atoms. The summed E-state index contributed by atoms with van der Waals surface area (Å²) in [4.78, 5) is 11.7. The molecule has 0 aliphatic heterocycles. The summed E-state index contributed by atoms with van der Waals surface area (Å²) in [5.74, 6) is -0.892. The van der Waals surface area contributed by atoms with Crippen LogP contribution in [-0.4, -0.2) is 24.3 Å². The van der Waals surface area contributed by atoms with Gasteiger partial charge in [0.15, 0.2) is 0 Å². The second kappa shape index (κ2) is 5.07. The number of ether oxygens (including phenoxy) is 1. The third-order valence-electron chi connectivity index (χ3n) is 2.52. The first-order chi connectivity index (χ1) is 7.54. The van der Waals surface area contributed by atoms with Crippen molar-refractivity contribution in [1.82, 2.24) is 0 Å². The van der Waals surface area contributed by atoms with Gasteiger partial charge >= 0.3 is 5.97 Å². The van der Waals surface area contributed by atoms with E-state index < -0.39 is 11.4 Å². The number of rotatable bonds is 4. The van der Waals surface area contributed by atoms with Crippen molar-refractivity contribution in [2.45, 2.75) is 19.3 Å². The Morgan fingerprint density at radius 1 is 1.44 bits per heavy atom. The van der Waals surface area contributed by atoms with Crippen molar-refractivity contribution >= 4 is 5.97 Å². The van der Waals surface area contributed by atoms with Crippen LogP contribution in [0.15, 0.2) is 24.3 Å². The molecule has 0 saturated heterocycles. The molecule has 0 heterocycles. The zero-order valence-corrected chi connectivity index (χ0v) is 9.37. The van der Waals surface area contributed by atoms with E-state index in [9.17, 15) is 14.3 Å². The average molecular weight is 226 g/mol. The first kappa shape index (κ1) is 12.6. The van der Waals surface area contributed by atoms with Gasteiger partial charge in [0.2, 0.25) is 0 Å². The topological polar surface area (TPSA) is 46.5 Å². The molecule has 3 nitrogen and oxygen atoms in total. The Labute approximate surface area is 93.9 Å². The Hall–Kier alpha value is -1.42. The number of hydrogen-bond donors (Lipinski definition) is 1. The maximum Gasteiger partial charge on any atom is 0.318 e. The molecule has 1 atom stereocenters. The standard InChI is InChI=1S/C12H15FO3/c1-3-16-11(15)12(2,8-14)9-4-6-10(13)7-5-9/h4-7,14H,3,8H2,1-2H3. The molecule has 0 aromatic heterocycles. The second-order valence-electron chi connectivity index (χ2n) is 3.72. The largest absolute Gasteiger partial charge is 0.465 e. The molecule has 88 valence electrons. The fourth-order valence-electron chi connectivity index (χ4n) is 1.38. The second-order valence-corrected chi connectivity index (χ2v) is 3.72. The highest BCUT2D eigenvalue weighted by Crippen LogP contribution is 2.25. The molecular formula is C12H15FO3. The zero-order valence-electron chi connectivity index (χ0n) is 9.37. The van der Waals surface area contributed by atoms with Gasteiger partial charge in [-0.15, -0.1) is 0 Å². The molecule has 0 saturated carbocycles. The predicted molar refractivity (Wildman–Crippen MR) is 57.5 cm³/mol. The maximum absolute atomic E-state index is 12.7. The van der Waals surface area contributed by atoms with Gasteiger partial charge in [0.25, 0.3) is 0 Å². The molecular weight excluding hydrogens is 211 g/mol. The van der Waals surface area contributed by atoms with Gasteiger partial charge < -0.3 is 9.84 Å². The van der Waals surface area contributed by atoms with Crippen LogP contribution in [0.25, 0.3) is 0 Å². The van der Waals surface area contributed by atoms with E-state index in [2.05, 4.69) is 0 Å². The van der Waals surface area contributed by atoms with Crippen molar-refractivity contribution in [3.8, 4) is 0 Å². The van der Waals surface area contributed by atoms with Crippen molar-refractivity contribution in [2.75, 3.05) is 13.2 Å². The maximum atomic E-state index is 12.7. The van der Waals surface area contributed by atoms with Crippen LogP contribution in [0.4, 0.5) is 4.39 Å². The lowest BCUT2D eigenvalue weighted by atomic mass is 9.83. The van der Waals surface area contributed by atoms with Gasteiger partial charge in [-0.25, -0.2) is 4.39 Å². The number of hydrogen-bond acceptors (Lipinski definition) is 3. The molecule has 0 spiro atoms. The van der Waals surface area contributed by atoms with Crippen molar-refractivity contribution in [3.63, 3.8) is 0 Å². The van der Waals surface area contributed by atoms with Gasteiger partial charge in [-0.3, -0.25) is 4.79 Å². The fraction of sp³-hybridized carbons (Fsp3) is 0.417. The van der Waals surface area contributed by atoms with Gasteiger partial charge in [-0.2, -0.15) is 0 Å². The van der Waals surface area contributed by atoms with E-state index in [1.807, 2.05) is 0 Å². The van der Waals surface area contributed by atoms with Crippen LogP contribution < -0.4 is 0 Å². The number of benzene rings is 1. The molecule has 1 rings (SSSR count). The minimum absolute atomic E-state index is 0.246. The number of esters is 1. The molecule has 0 aliphatic rings. The molecule has 1 aromatic carbocycles. The first-order valence-electron chi connectivity index (χ1n) is 5.08. The molecule has 16 heavy (non-hydrogen) atoms. The Kier molecular flexibility index (Phi) is 4.01. The SMILES string of the molecule is CCOC(=O)C(C)(CO)c1ccc(F)cc1. The first-order valence-corrected chi connectivity index (χ1v) is 5.08. The van der Waals surface area contributed by atoms with E-state index in [0.717, 1.165) is 0 Å². The van der Waals surface area contributed by atoms with Crippen molar-refractivity contribution in [1.29, 1.82) is 0 Å². The number of aliphatic hydroxyl groups excluding tert-OH is 1. The van der Waals surface area contributed by atoms with Crippen LogP contribution >= 0.6 is 0 Å². The van der Waals surface area contributed by atoms with Crippen molar-refractivity contribution in [2.24, 2.45) is 0 Å². The van der Waals surface area contributed by atoms with E-state index in [4.69, 9.17) is 4.74 Å². The highest BCUT2D eigenvalue weighted by atomic mass is 19.1. The van der Waals surface area contributed by atoms with Crippen molar-refractivity contribution < 1.29 is 19.0 Å². The lowest BCUT2D eigenvalue weighted by molar-refractivity contribution is -0.151. The van der Waals surface area contributed by atoms with Gasteiger partial charge in [0.05, 0.1) is 13.2 Å². The molecule has 0 radical (unpaired) electrons. The summed E-state index contributed by atoms with van der Waals surface area (Å²) < 4.78 is 17.6. The minimum atomic E-state index is -1.14. The van der Waals surface area contributed by atoms with Crippen molar-refractivity contribution in [3.05, 3.63) is 35.6 Å². The van der Waals surface area contributed by atoms with E-state index in [0.29, 0.717) is 5.56 Å². The molecule has 1 N–H and O–H groups in total. The number of carbonyl (C=O) groups is 1. The molecule has 0 fully saturated rings. The summed E-state index contributed by atoms with van der Waals surface area (Å²) in [5, 5.41) is 9.31. The Morgan fingerprint density at radius 3 is 2.44 bits per heavy atom. The smallest absolute Gasteiger partial charge is 0.318 e. The third kappa shape index (κ3) is 2.39.